The van der Waals surface area contributed by atoms with Crippen LogP contribution in [-0.4, -0.2) is 23.4 Å². The molecule has 0 unspecified atom stereocenters. The highest BCUT2D eigenvalue weighted by molar-refractivity contribution is 6.33. The molecule has 0 bridgehead atoms. The number of nitrogens with two attached hydrogens (primary N) is 2. The summed E-state index contributed by atoms with van der Waals surface area (Å²) in [5, 5.41) is 0.210. The third-order valence-corrected chi connectivity index (χ3v) is 4.40. The van der Waals surface area contributed by atoms with E-state index in [9.17, 15) is 13.6 Å². The SMILES string of the molecule is C.NC(N)=NC(=O)N1CCc2c(F)ccc(-c3c(F)cccc3Cl)c2C1. The Morgan fingerprint density at radius 2 is 1.85 bits per heavy atom. The molecule has 1 aliphatic rings. The molecule has 0 aliphatic carbocycles. The summed E-state index contributed by atoms with van der Waals surface area (Å²) in [5.41, 5.74) is 12.0. The minimum atomic E-state index is -0.625. The van der Waals surface area contributed by atoms with Crippen LogP contribution in [0.15, 0.2) is 35.3 Å². The molecule has 3 rings (SSSR count). The molecule has 0 saturated heterocycles. The van der Waals surface area contributed by atoms with E-state index in [1.807, 2.05) is 0 Å². The van der Waals surface area contributed by atoms with Gasteiger partial charge < -0.3 is 16.4 Å². The summed E-state index contributed by atoms with van der Waals surface area (Å²) in [7, 11) is 0. The van der Waals surface area contributed by atoms with E-state index in [-0.39, 0.29) is 43.5 Å². The van der Waals surface area contributed by atoms with E-state index < -0.39 is 17.7 Å². The summed E-state index contributed by atoms with van der Waals surface area (Å²) >= 11 is 6.14. The maximum atomic E-state index is 14.3. The Balaban J connectivity index is 0.00000243. The Kier molecular flexibility index (Phi) is 5.82. The van der Waals surface area contributed by atoms with E-state index in [2.05, 4.69) is 4.99 Å². The summed E-state index contributed by atoms with van der Waals surface area (Å²) in [6.45, 7) is 0.316. The molecule has 1 heterocycles. The van der Waals surface area contributed by atoms with Crippen molar-refractivity contribution in [2.45, 2.75) is 20.4 Å². The molecule has 2 aromatic rings. The maximum Gasteiger partial charge on any atom is 0.347 e. The van der Waals surface area contributed by atoms with Crippen molar-refractivity contribution in [1.29, 1.82) is 0 Å². The van der Waals surface area contributed by atoms with E-state index in [1.165, 1.54) is 29.2 Å². The lowest BCUT2D eigenvalue weighted by atomic mass is 9.90. The summed E-state index contributed by atoms with van der Waals surface area (Å²) in [6.07, 6.45) is 0.271. The Morgan fingerprint density at radius 1 is 1.12 bits per heavy atom. The molecular formula is C18H19ClF2N4O. The van der Waals surface area contributed by atoms with Gasteiger partial charge in [0.25, 0.3) is 0 Å². The third-order valence-electron chi connectivity index (χ3n) is 4.08. The molecule has 1 aliphatic heterocycles. The predicted octanol–water partition coefficient (Wildman–Crippen LogP) is 3.67. The molecule has 0 spiro atoms. The van der Waals surface area contributed by atoms with Gasteiger partial charge in [0.2, 0.25) is 0 Å². The second-order valence-corrected chi connectivity index (χ2v) is 6.05. The normalized spacial score (nSPS) is 12.8. The van der Waals surface area contributed by atoms with Crippen molar-refractivity contribution in [3.8, 4) is 11.1 Å². The van der Waals surface area contributed by atoms with Crippen LogP contribution >= 0.6 is 11.6 Å². The van der Waals surface area contributed by atoms with Gasteiger partial charge in [-0.2, -0.15) is 4.99 Å². The van der Waals surface area contributed by atoms with Crippen molar-refractivity contribution in [2.24, 2.45) is 16.5 Å². The fourth-order valence-corrected chi connectivity index (χ4v) is 3.23. The topological polar surface area (TPSA) is 84.7 Å². The average Bonchev–Trinajstić information content (AvgIpc) is 2.55. The van der Waals surface area contributed by atoms with E-state index >= 15 is 0 Å². The predicted molar refractivity (Wildman–Crippen MR) is 98.9 cm³/mol. The molecule has 0 aromatic heterocycles. The summed E-state index contributed by atoms with van der Waals surface area (Å²) in [5.74, 6) is -1.28. The van der Waals surface area contributed by atoms with Gasteiger partial charge in [-0.1, -0.05) is 31.2 Å². The van der Waals surface area contributed by atoms with Crippen molar-refractivity contribution in [2.75, 3.05) is 6.54 Å². The number of nitrogens with zero attached hydrogens (tertiary/aromatic N) is 2. The van der Waals surface area contributed by atoms with E-state index in [1.54, 1.807) is 6.07 Å². The first-order chi connectivity index (χ1) is 11.9. The first kappa shape index (κ1) is 19.7. The lowest BCUT2D eigenvalue weighted by molar-refractivity contribution is 0.202. The molecule has 26 heavy (non-hydrogen) atoms. The van der Waals surface area contributed by atoms with Crippen LogP contribution in [0.25, 0.3) is 11.1 Å². The number of hydrogen-bond acceptors (Lipinski definition) is 1. The van der Waals surface area contributed by atoms with Gasteiger partial charge in [-0.3, -0.25) is 0 Å². The molecule has 4 N–H and O–H groups in total. The number of rotatable bonds is 1. The number of benzene rings is 2. The minimum Gasteiger partial charge on any atom is -0.370 e. The number of guanidine groups is 1. The smallest absolute Gasteiger partial charge is 0.347 e. The number of carbonyl (C=O) groups is 1. The Morgan fingerprint density at radius 3 is 2.50 bits per heavy atom. The minimum absolute atomic E-state index is 0. The number of hydrogen-bond donors (Lipinski definition) is 2. The van der Waals surface area contributed by atoms with Crippen LogP contribution in [0.1, 0.15) is 18.6 Å². The van der Waals surface area contributed by atoms with Crippen LogP contribution in [0.2, 0.25) is 5.02 Å². The van der Waals surface area contributed by atoms with Gasteiger partial charge in [-0.25, -0.2) is 13.6 Å². The molecule has 138 valence electrons. The molecule has 2 amide bonds. The highest BCUT2D eigenvalue weighted by Crippen LogP contribution is 2.37. The van der Waals surface area contributed by atoms with Gasteiger partial charge in [0, 0.05) is 18.7 Å². The lowest BCUT2D eigenvalue weighted by Crippen LogP contribution is -2.37. The van der Waals surface area contributed by atoms with Gasteiger partial charge in [0.05, 0.1) is 5.02 Å². The molecule has 5 nitrogen and oxygen atoms in total. The third kappa shape index (κ3) is 3.62. The maximum absolute atomic E-state index is 14.3. The monoisotopic (exact) mass is 380 g/mol. The van der Waals surface area contributed by atoms with Gasteiger partial charge >= 0.3 is 6.03 Å². The standard InChI is InChI=1S/C17H15ClF2N4O.CH4/c18-12-2-1-3-14(20)15(12)10-4-5-13(19)9-6-7-24(8-11(9)10)17(25)23-16(21)22;/h1-5H,6-8H2,(H4,21,22,23,25);1H4. The number of amides is 2. The van der Waals surface area contributed by atoms with Gasteiger partial charge in [-0.15, -0.1) is 0 Å². The van der Waals surface area contributed by atoms with Crippen molar-refractivity contribution in [3.05, 3.63) is 58.1 Å². The van der Waals surface area contributed by atoms with Crippen molar-refractivity contribution < 1.29 is 13.6 Å². The molecule has 0 radical (unpaired) electrons. The van der Waals surface area contributed by atoms with E-state index in [0.717, 1.165) is 0 Å². The van der Waals surface area contributed by atoms with Crippen LogP contribution in [0, 0.1) is 11.6 Å². The fourth-order valence-electron chi connectivity index (χ4n) is 2.97. The van der Waals surface area contributed by atoms with Crippen LogP contribution in [0.4, 0.5) is 13.6 Å². The molecule has 0 atom stereocenters. The zero-order valence-corrected chi connectivity index (χ0v) is 13.9. The molecule has 0 fully saturated rings. The fraction of sp³-hybridized carbons (Fsp3) is 0.222. The number of fused-ring (bicyclic) bond motifs is 1. The largest absolute Gasteiger partial charge is 0.370 e. The highest BCUT2D eigenvalue weighted by Gasteiger charge is 2.27. The van der Waals surface area contributed by atoms with Crippen LogP contribution in [0.5, 0.6) is 0 Å². The Hall–Kier alpha value is -2.67. The van der Waals surface area contributed by atoms with Crippen molar-refractivity contribution in [1.82, 2.24) is 4.90 Å². The highest BCUT2D eigenvalue weighted by atomic mass is 35.5. The van der Waals surface area contributed by atoms with Crippen LogP contribution < -0.4 is 11.5 Å². The average molecular weight is 381 g/mol. The molecule has 8 heteroatoms. The Bertz CT molecular complexity index is 861. The van der Waals surface area contributed by atoms with Gasteiger partial charge in [0.1, 0.15) is 11.6 Å². The molecule has 0 saturated carbocycles. The zero-order valence-electron chi connectivity index (χ0n) is 13.1. The summed E-state index contributed by atoms with van der Waals surface area (Å²) in [6, 6.07) is 6.45. The summed E-state index contributed by atoms with van der Waals surface area (Å²) in [4.78, 5) is 16.9. The zero-order chi connectivity index (χ0) is 18.1. The second-order valence-electron chi connectivity index (χ2n) is 5.64. The molecule has 2 aromatic carbocycles. The number of halogens is 3. The summed E-state index contributed by atoms with van der Waals surface area (Å²) < 4.78 is 28.5. The number of urea groups is 1. The molecular weight excluding hydrogens is 362 g/mol. The van der Waals surface area contributed by atoms with E-state index in [0.29, 0.717) is 16.7 Å². The number of aliphatic imine (C=N–C) groups is 1. The lowest BCUT2D eigenvalue weighted by Gasteiger charge is -2.29. The first-order valence-corrected chi connectivity index (χ1v) is 7.89. The van der Waals surface area contributed by atoms with Crippen molar-refractivity contribution >= 4 is 23.6 Å². The number of carbonyl (C=O) groups excluding carboxylic acids is 1. The van der Waals surface area contributed by atoms with Gasteiger partial charge in [0.15, 0.2) is 5.96 Å². The van der Waals surface area contributed by atoms with Gasteiger partial charge in [-0.05, 0) is 41.3 Å². The first-order valence-electron chi connectivity index (χ1n) is 7.51. The van der Waals surface area contributed by atoms with Crippen molar-refractivity contribution in [3.63, 3.8) is 0 Å². The quantitative estimate of drug-likeness (QED) is 0.584. The van der Waals surface area contributed by atoms with E-state index in [4.69, 9.17) is 23.1 Å². The van der Waals surface area contributed by atoms with Crippen LogP contribution in [-0.2, 0) is 13.0 Å². The second kappa shape index (κ2) is 7.70. The van der Waals surface area contributed by atoms with Crippen LogP contribution in [0.3, 0.4) is 0 Å². The Labute approximate surface area is 155 Å².